The lowest BCUT2D eigenvalue weighted by atomic mass is 10.3. The van der Waals surface area contributed by atoms with E-state index in [1.54, 1.807) is 0 Å². The molecule has 0 saturated heterocycles. The first kappa shape index (κ1) is 12.8. The molecule has 0 aliphatic heterocycles. The molecule has 90 valence electrons. The van der Waals surface area contributed by atoms with Crippen LogP contribution in [-0.4, -0.2) is 4.57 Å². The second kappa shape index (κ2) is 5.78. The van der Waals surface area contributed by atoms with E-state index in [1.165, 1.54) is 5.56 Å². The van der Waals surface area contributed by atoms with Crippen LogP contribution in [0.15, 0.2) is 36.7 Å². The monoisotopic (exact) mass is 360 g/mol. The molecule has 0 atom stereocenters. The summed E-state index contributed by atoms with van der Waals surface area (Å²) in [5.41, 5.74) is 2.41. The highest BCUT2D eigenvalue weighted by Crippen LogP contribution is 2.22. The van der Waals surface area contributed by atoms with E-state index in [4.69, 9.17) is 11.6 Å². The topological polar surface area (TPSA) is 17.0 Å². The first-order valence-corrected chi connectivity index (χ1v) is 6.98. The normalized spacial score (nSPS) is 10.5. The van der Waals surface area contributed by atoms with Crippen molar-refractivity contribution in [3.05, 3.63) is 50.8 Å². The van der Waals surface area contributed by atoms with Gasteiger partial charge < -0.3 is 9.88 Å². The van der Waals surface area contributed by atoms with Crippen molar-refractivity contribution in [3.8, 4) is 0 Å². The van der Waals surface area contributed by atoms with Crippen LogP contribution < -0.4 is 5.32 Å². The van der Waals surface area contributed by atoms with Crippen LogP contribution in [0.25, 0.3) is 0 Å². The van der Waals surface area contributed by atoms with Crippen molar-refractivity contribution in [1.82, 2.24) is 4.57 Å². The second-order valence-electron chi connectivity index (χ2n) is 3.83. The third-order valence-corrected chi connectivity index (χ3v) is 3.72. The number of benzene rings is 1. The van der Waals surface area contributed by atoms with Gasteiger partial charge in [-0.3, -0.25) is 0 Å². The van der Waals surface area contributed by atoms with Crippen molar-refractivity contribution in [3.63, 3.8) is 0 Å². The van der Waals surface area contributed by atoms with Gasteiger partial charge in [0.25, 0.3) is 0 Å². The van der Waals surface area contributed by atoms with Crippen LogP contribution in [0.4, 0.5) is 5.69 Å². The van der Waals surface area contributed by atoms with E-state index in [2.05, 4.69) is 57.9 Å². The Morgan fingerprint density at radius 3 is 2.82 bits per heavy atom. The van der Waals surface area contributed by atoms with Gasteiger partial charge in [-0.2, -0.15) is 0 Å². The fraction of sp³-hybridized carbons (Fsp3) is 0.231. The number of rotatable bonds is 4. The molecule has 1 N–H and O–H groups in total. The van der Waals surface area contributed by atoms with Crippen molar-refractivity contribution >= 4 is 39.9 Å². The van der Waals surface area contributed by atoms with Crippen LogP contribution >= 0.6 is 34.2 Å². The van der Waals surface area contributed by atoms with Gasteiger partial charge in [0.15, 0.2) is 0 Å². The van der Waals surface area contributed by atoms with Crippen LogP contribution in [0.2, 0.25) is 5.02 Å². The maximum atomic E-state index is 5.92. The molecule has 4 heteroatoms. The molecule has 0 unspecified atom stereocenters. The fourth-order valence-electron chi connectivity index (χ4n) is 1.62. The molecule has 0 radical (unpaired) electrons. The Kier molecular flexibility index (Phi) is 4.34. The van der Waals surface area contributed by atoms with Gasteiger partial charge in [0.2, 0.25) is 0 Å². The van der Waals surface area contributed by atoms with Gasteiger partial charge in [-0.05, 0) is 59.3 Å². The molecule has 0 aliphatic carbocycles. The molecule has 0 amide bonds. The lowest BCUT2D eigenvalue weighted by molar-refractivity contribution is 0.766. The number of hydrogen-bond donors (Lipinski definition) is 1. The summed E-state index contributed by atoms with van der Waals surface area (Å²) in [4.78, 5) is 0. The lowest BCUT2D eigenvalue weighted by Gasteiger charge is -2.07. The number of aryl methyl sites for hydroxylation is 1. The molecular weight excluding hydrogens is 347 g/mol. The van der Waals surface area contributed by atoms with Crippen LogP contribution in [-0.2, 0) is 13.1 Å². The first-order valence-electron chi connectivity index (χ1n) is 5.52. The van der Waals surface area contributed by atoms with Crippen molar-refractivity contribution < 1.29 is 0 Å². The van der Waals surface area contributed by atoms with Gasteiger partial charge in [-0.1, -0.05) is 11.6 Å². The van der Waals surface area contributed by atoms with Crippen molar-refractivity contribution in [2.45, 2.75) is 20.0 Å². The average molecular weight is 361 g/mol. The zero-order chi connectivity index (χ0) is 12.3. The van der Waals surface area contributed by atoms with Gasteiger partial charge in [0.1, 0.15) is 0 Å². The maximum absolute atomic E-state index is 5.92. The van der Waals surface area contributed by atoms with Crippen molar-refractivity contribution in [2.24, 2.45) is 0 Å². The number of nitrogens with zero attached hydrogens (tertiary/aromatic N) is 1. The molecule has 2 aromatic rings. The maximum Gasteiger partial charge on any atom is 0.0479 e. The predicted octanol–water partition coefficient (Wildman–Crippen LogP) is 4.38. The third-order valence-electron chi connectivity index (χ3n) is 2.59. The molecule has 1 heterocycles. The smallest absolute Gasteiger partial charge is 0.0479 e. The zero-order valence-corrected chi connectivity index (χ0v) is 12.5. The first-order chi connectivity index (χ1) is 8.19. The van der Waals surface area contributed by atoms with Gasteiger partial charge in [-0.25, -0.2) is 0 Å². The minimum Gasteiger partial charge on any atom is -0.380 e. The average Bonchev–Trinajstić information content (AvgIpc) is 2.76. The Labute approximate surface area is 120 Å². The van der Waals surface area contributed by atoms with Crippen LogP contribution in [0.1, 0.15) is 12.5 Å². The van der Waals surface area contributed by atoms with E-state index in [9.17, 15) is 0 Å². The quantitative estimate of drug-likeness (QED) is 0.801. The van der Waals surface area contributed by atoms with E-state index in [-0.39, 0.29) is 0 Å². The Balaban J connectivity index is 2.02. The minimum absolute atomic E-state index is 0.775. The number of anilines is 1. The van der Waals surface area contributed by atoms with Crippen LogP contribution in [0.5, 0.6) is 0 Å². The van der Waals surface area contributed by atoms with Crippen LogP contribution in [0.3, 0.4) is 0 Å². The largest absolute Gasteiger partial charge is 0.380 e. The summed E-state index contributed by atoms with van der Waals surface area (Å²) in [5.74, 6) is 0. The number of hydrogen-bond acceptors (Lipinski definition) is 1. The number of nitrogens with one attached hydrogen (secondary N) is 1. The van der Waals surface area contributed by atoms with Gasteiger partial charge in [0.05, 0.1) is 0 Å². The molecule has 1 aromatic carbocycles. The summed E-state index contributed by atoms with van der Waals surface area (Å²) in [6, 6.07) is 8.02. The standard InChI is InChI=1S/C13H14ClIN2/c1-2-17-6-5-10(9-17)8-16-13-4-3-11(14)7-12(13)15/h3-7,9,16H,2,8H2,1H3. The van der Waals surface area contributed by atoms with E-state index in [0.29, 0.717) is 0 Å². The molecule has 1 aromatic heterocycles. The van der Waals surface area contributed by atoms with E-state index in [0.717, 1.165) is 27.4 Å². The molecule has 0 fully saturated rings. The second-order valence-corrected chi connectivity index (χ2v) is 5.43. The molecule has 0 bridgehead atoms. The summed E-state index contributed by atoms with van der Waals surface area (Å²) < 4.78 is 3.31. The van der Waals surface area contributed by atoms with E-state index in [1.807, 2.05) is 18.2 Å². The summed E-state index contributed by atoms with van der Waals surface area (Å²) in [6.45, 7) is 3.99. The Hall–Kier alpha value is -0.680. The van der Waals surface area contributed by atoms with Crippen molar-refractivity contribution in [2.75, 3.05) is 5.32 Å². The number of halogens is 2. The minimum atomic E-state index is 0.775. The van der Waals surface area contributed by atoms with Crippen LogP contribution in [0, 0.1) is 3.57 Å². The molecule has 0 spiro atoms. The van der Waals surface area contributed by atoms with Crippen molar-refractivity contribution in [1.29, 1.82) is 0 Å². The number of aromatic nitrogens is 1. The summed E-state index contributed by atoms with van der Waals surface area (Å²) in [7, 11) is 0. The lowest BCUT2D eigenvalue weighted by Crippen LogP contribution is -2.00. The summed E-state index contributed by atoms with van der Waals surface area (Å²) >= 11 is 8.21. The predicted molar refractivity (Wildman–Crippen MR) is 81.6 cm³/mol. The molecular formula is C13H14ClIN2. The molecule has 0 aliphatic rings. The van der Waals surface area contributed by atoms with Gasteiger partial charge in [0, 0.05) is 39.8 Å². The molecule has 2 nitrogen and oxygen atoms in total. The van der Waals surface area contributed by atoms with Gasteiger partial charge in [-0.15, -0.1) is 0 Å². The Morgan fingerprint density at radius 1 is 1.35 bits per heavy atom. The Morgan fingerprint density at radius 2 is 2.18 bits per heavy atom. The molecule has 2 rings (SSSR count). The molecule has 0 saturated carbocycles. The molecule has 17 heavy (non-hydrogen) atoms. The highest BCUT2D eigenvalue weighted by molar-refractivity contribution is 14.1. The zero-order valence-electron chi connectivity index (χ0n) is 9.58. The fourth-order valence-corrected chi connectivity index (χ4v) is 2.68. The SMILES string of the molecule is CCn1ccc(CNc2ccc(Cl)cc2I)c1. The third kappa shape index (κ3) is 3.39. The van der Waals surface area contributed by atoms with Gasteiger partial charge >= 0.3 is 0 Å². The Bertz CT molecular complexity index is 508. The van der Waals surface area contributed by atoms with E-state index >= 15 is 0 Å². The van der Waals surface area contributed by atoms with E-state index < -0.39 is 0 Å². The highest BCUT2D eigenvalue weighted by Gasteiger charge is 2.01. The highest BCUT2D eigenvalue weighted by atomic mass is 127. The summed E-state index contributed by atoms with van der Waals surface area (Å²) in [5, 5.41) is 4.19. The summed E-state index contributed by atoms with van der Waals surface area (Å²) in [6.07, 6.45) is 4.26.